The minimum Gasteiger partial charge on any atom is -0.228 e. The van der Waals surface area contributed by atoms with E-state index >= 15 is 0 Å². The lowest BCUT2D eigenvalue weighted by atomic mass is 10.1. The van der Waals surface area contributed by atoms with Gasteiger partial charge in [0.25, 0.3) is 0 Å². The molecule has 0 aliphatic heterocycles. The van der Waals surface area contributed by atoms with Crippen LogP contribution in [0.15, 0.2) is 24.3 Å². The second-order valence-corrected chi connectivity index (χ2v) is 3.90. The van der Waals surface area contributed by atoms with Crippen LogP contribution in [0.3, 0.4) is 0 Å². The van der Waals surface area contributed by atoms with Crippen molar-refractivity contribution < 1.29 is 0 Å². The maximum Gasteiger partial charge on any atom is 0.166 e. The first-order valence-corrected chi connectivity index (χ1v) is 5.70. The number of rotatable bonds is 4. The van der Waals surface area contributed by atoms with Crippen molar-refractivity contribution in [1.82, 2.24) is 20.2 Å². The molecule has 0 amide bonds. The highest BCUT2D eigenvalue weighted by atomic mass is 35.5. The Morgan fingerprint density at radius 2 is 2.12 bits per heavy atom. The van der Waals surface area contributed by atoms with Crippen molar-refractivity contribution in [3.05, 3.63) is 41.2 Å². The molecule has 1 heterocycles. The molecule has 5 heteroatoms. The summed E-state index contributed by atoms with van der Waals surface area (Å²) in [7, 11) is 0. The van der Waals surface area contributed by atoms with Gasteiger partial charge in [0.2, 0.25) is 0 Å². The first-order chi connectivity index (χ1) is 7.81. The molecule has 0 bridgehead atoms. The Balaban J connectivity index is 2.05. The average Bonchev–Trinajstić information content (AvgIpc) is 2.75. The molecule has 0 saturated carbocycles. The van der Waals surface area contributed by atoms with Gasteiger partial charge in [0.15, 0.2) is 5.82 Å². The Morgan fingerprint density at radius 1 is 1.31 bits per heavy atom. The van der Waals surface area contributed by atoms with Crippen LogP contribution < -0.4 is 0 Å². The van der Waals surface area contributed by atoms with Crippen molar-refractivity contribution in [2.45, 2.75) is 25.8 Å². The molecule has 0 radical (unpaired) electrons. The number of halogens is 1. The number of nitrogens with zero attached hydrogens (tertiary/aromatic N) is 4. The molecule has 1 aromatic carbocycles. The molecular formula is C11H13ClN4. The van der Waals surface area contributed by atoms with Gasteiger partial charge in [-0.25, -0.2) is 4.68 Å². The van der Waals surface area contributed by atoms with E-state index < -0.39 is 0 Å². The highest BCUT2D eigenvalue weighted by molar-refractivity contribution is 6.16. The average molecular weight is 237 g/mol. The number of hydrogen-bond donors (Lipinski definition) is 0. The molecule has 4 nitrogen and oxygen atoms in total. The summed E-state index contributed by atoms with van der Waals surface area (Å²) in [5.74, 6) is 1.07. The van der Waals surface area contributed by atoms with E-state index in [0.29, 0.717) is 5.88 Å². The summed E-state index contributed by atoms with van der Waals surface area (Å²) >= 11 is 5.72. The molecule has 0 spiro atoms. The summed E-state index contributed by atoms with van der Waals surface area (Å²) in [6.45, 7) is 2.87. The summed E-state index contributed by atoms with van der Waals surface area (Å²) in [5, 5.41) is 11.3. The third-order valence-electron chi connectivity index (χ3n) is 2.58. The lowest BCUT2D eigenvalue weighted by molar-refractivity contribution is 0.572. The molecule has 0 unspecified atom stereocenters. The fraction of sp³-hybridized carbons (Fsp3) is 0.364. The highest BCUT2D eigenvalue weighted by Gasteiger charge is 2.04. The van der Waals surface area contributed by atoms with Crippen LogP contribution in [0.5, 0.6) is 0 Å². The fourth-order valence-electron chi connectivity index (χ4n) is 1.61. The van der Waals surface area contributed by atoms with E-state index in [4.69, 9.17) is 11.6 Å². The van der Waals surface area contributed by atoms with Crippen molar-refractivity contribution in [3.8, 4) is 0 Å². The van der Waals surface area contributed by atoms with Crippen LogP contribution in [0.4, 0.5) is 0 Å². The number of aromatic nitrogens is 4. The van der Waals surface area contributed by atoms with Gasteiger partial charge in [-0.05, 0) is 34.9 Å². The molecule has 0 saturated heterocycles. The number of benzene rings is 1. The van der Waals surface area contributed by atoms with E-state index in [-0.39, 0.29) is 0 Å². The topological polar surface area (TPSA) is 43.6 Å². The Morgan fingerprint density at radius 3 is 2.88 bits per heavy atom. The maximum atomic E-state index is 5.72. The first kappa shape index (κ1) is 11.1. The van der Waals surface area contributed by atoms with E-state index in [1.807, 2.05) is 12.1 Å². The van der Waals surface area contributed by atoms with Gasteiger partial charge < -0.3 is 0 Å². The van der Waals surface area contributed by atoms with Gasteiger partial charge in [0, 0.05) is 6.54 Å². The third-order valence-corrected chi connectivity index (χ3v) is 2.82. The van der Waals surface area contributed by atoms with Crippen LogP contribution in [-0.2, 0) is 18.8 Å². The molecule has 2 aromatic rings. The molecule has 1 aromatic heterocycles. The third kappa shape index (κ3) is 2.39. The van der Waals surface area contributed by atoms with Crippen LogP contribution in [-0.4, -0.2) is 20.2 Å². The van der Waals surface area contributed by atoms with Crippen LogP contribution in [0.1, 0.15) is 17.0 Å². The zero-order valence-corrected chi connectivity index (χ0v) is 9.85. The van der Waals surface area contributed by atoms with Crippen LogP contribution in [0, 0.1) is 6.92 Å². The van der Waals surface area contributed by atoms with Crippen LogP contribution in [0.2, 0.25) is 0 Å². The molecular weight excluding hydrogens is 224 g/mol. The zero-order chi connectivity index (χ0) is 11.4. The van der Waals surface area contributed by atoms with E-state index in [2.05, 4.69) is 34.6 Å². The summed E-state index contributed by atoms with van der Waals surface area (Å²) in [4.78, 5) is 0. The predicted octanol–water partition coefficient (Wildman–Crippen LogP) is 1.96. The Labute approximate surface area is 99.2 Å². The van der Waals surface area contributed by atoms with Crippen molar-refractivity contribution in [1.29, 1.82) is 0 Å². The van der Waals surface area contributed by atoms with E-state index in [9.17, 15) is 0 Å². The van der Waals surface area contributed by atoms with E-state index in [0.717, 1.165) is 18.8 Å². The van der Waals surface area contributed by atoms with E-state index in [1.54, 1.807) is 4.68 Å². The second kappa shape index (κ2) is 5.07. The molecule has 0 aliphatic rings. The Kier molecular flexibility index (Phi) is 3.51. The lowest BCUT2D eigenvalue weighted by Gasteiger charge is -2.05. The normalized spacial score (nSPS) is 10.6. The summed E-state index contributed by atoms with van der Waals surface area (Å²) in [5.41, 5.74) is 2.61. The van der Waals surface area contributed by atoms with Crippen molar-refractivity contribution in [2.24, 2.45) is 0 Å². The van der Waals surface area contributed by atoms with Gasteiger partial charge in [-0.15, -0.1) is 16.7 Å². The quantitative estimate of drug-likeness (QED) is 0.763. The number of aryl methyl sites for hydroxylation is 3. The summed E-state index contributed by atoms with van der Waals surface area (Å²) in [6.07, 6.45) is 0.918. The summed E-state index contributed by atoms with van der Waals surface area (Å²) < 4.78 is 1.75. The standard InChI is InChI=1S/C11H13ClN4/c1-9-4-2-3-5-10(9)6-7-16-11(8-12)13-14-15-16/h2-5H,6-8H2,1H3. The molecule has 84 valence electrons. The van der Waals surface area contributed by atoms with Gasteiger partial charge in [-0.3, -0.25) is 0 Å². The van der Waals surface area contributed by atoms with Crippen LogP contribution in [0.25, 0.3) is 0 Å². The van der Waals surface area contributed by atoms with Gasteiger partial charge >= 0.3 is 0 Å². The van der Waals surface area contributed by atoms with Gasteiger partial charge in [0.05, 0.1) is 5.88 Å². The van der Waals surface area contributed by atoms with Gasteiger partial charge in [0.1, 0.15) is 0 Å². The Hall–Kier alpha value is -1.42. The van der Waals surface area contributed by atoms with Crippen molar-refractivity contribution >= 4 is 11.6 Å². The minimum atomic E-state index is 0.348. The van der Waals surface area contributed by atoms with Crippen molar-refractivity contribution in [2.75, 3.05) is 0 Å². The van der Waals surface area contributed by atoms with E-state index in [1.165, 1.54) is 11.1 Å². The number of tetrazole rings is 1. The second-order valence-electron chi connectivity index (χ2n) is 3.63. The summed E-state index contributed by atoms with van der Waals surface area (Å²) in [6, 6.07) is 8.32. The molecule has 0 fully saturated rings. The minimum absolute atomic E-state index is 0.348. The van der Waals surface area contributed by atoms with Crippen molar-refractivity contribution in [3.63, 3.8) is 0 Å². The molecule has 2 rings (SSSR count). The smallest absolute Gasteiger partial charge is 0.166 e. The number of hydrogen-bond acceptors (Lipinski definition) is 3. The largest absolute Gasteiger partial charge is 0.228 e. The Bertz CT molecular complexity index is 467. The fourth-order valence-corrected chi connectivity index (χ4v) is 1.80. The monoisotopic (exact) mass is 236 g/mol. The lowest BCUT2D eigenvalue weighted by Crippen LogP contribution is -2.07. The zero-order valence-electron chi connectivity index (χ0n) is 9.10. The van der Waals surface area contributed by atoms with Gasteiger partial charge in [-0.2, -0.15) is 0 Å². The first-order valence-electron chi connectivity index (χ1n) is 5.17. The molecule has 16 heavy (non-hydrogen) atoms. The predicted molar refractivity (Wildman–Crippen MR) is 62.3 cm³/mol. The molecule has 0 atom stereocenters. The van der Waals surface area contributed by atoms with Gasteiger partial charge in [-0.1, -0.05) is 24.3 Å². The highest BCUT2D eigenvalue weighted by Crippen LogP contribution is 2.09. The molecule has 0 aliphatic carbocycles. The van der Waals surface area contributed by atoms with Crippen LogP contribution >= 0.6 is 11.6 Å². The maximum absolute atomic E-state index is 5.72. The number of alkyl halides is 1. The molecule has 0 N–H and O–H groups in total. The SMILES string of the molecule is Cc1ccccc1CCn1nnnc1CCl.